The van der Waals surface area contributed by atoms with Crippen LogP contribution in [0.3, 0.4) is 0 Å². The second kappa shape index (κ2) is 8.02. The lowest BCUT2D eigenvalue weighted by molar-refractivity contribution is 0.0996. The van der Waals surface area contributed by atoms with Gasteiger partial charge in [0, 0.05) is 18.2 Å². The molecule has 0 bridgehead atoms. The molecule has 2 N–H and O–H groups in total. The largest absolute Gasteiger partial charge is 0.486 e. The molecule has 0 saturated heterocycles. The summed E-state index contributed by atoms with van der Waals surface area (Å²) in [5, 5.41) is 16.3. The molecule has 2 aliphatic rings. The summed E-state index contributed by atoms with van der Waals surface area (Å²) in [5.74, 6) is 2.26. The molecule has 2 aromatic carbocycles. The fraction of sp³-hybridized carbons (Fsp3) is 0.261. The summed E-state index contributed by atoms with van der Waals surface area (Å²) < 4.78 is 11.7. The molecule has 7 heteroatoms. The fourth-order valence-corrected chi connectivity index (χ4v) is 3.97. The highest BCUT2D eigenvalue weighted by Crippen LogP contribution is 2.33. The number of rotatable bonds is 4. The number of benzene rings is 2. The topological polar surface area (TPSA) is 88.9 Å². The summed E-state index contributed by atoms with van der Waals surface area (Å²) in [6.45, 7) is 0.989. The Hall–Kier alpha value is -3.61. The maximum Gasteiger partial charge on any atom is 0.223 e. The van der Waals surface area contributed by atoms with Crippen molar-refractivity contribution in [2.24, 2.45) is 5.16 Å². The van der Waals surface area contributed by atoms with E-state index in [-0.39, 0.29) is 12.0 Å². The number of para-hydroxylation sites is 2. The number of fused-ring (bicyclic) bond motifs is 2. The zero-order valence-electron chi connectivity index (χ0n) is 16.4. The van der Waals surface area contributed by atoms with Crippen molar-refractivity contribution < 1.29 is 14.7 Å². The Morgan fingerprint density at radius 2 is 1.83 bits per heavy atom. The van der Waals surface area contributed by atoms with Gasteiger partial charge in [-0.25, -0.2) is 9.97 Å². The Labute approximate surface area is 174 Å². The molecule has 1 aromatic heterocycles. The number of hydrogen-bond acceptors (Lipinski definition) is 7. The van der Waals surface area contributed by atoms with E-state index in [9.17, 15) is 5.21 Å². The maximum absolute atomic E-state index is 9.51. The number of anilines is 1. The van der Waals surface area contributed by atoms with Gasteiger partial charge in [0.15, 0.2) is 11.5 Å². The van der Waals surface area contributed by atoms with E-state index in [2.05, 4.69) is 27.6 Å². The first kappa shape index (κ1) is 18.4. The fourth-order valence-electron chi connectivity index (χ4n) is 3.97. The summed E-state index contributed by atoms with van der Waals surface area (Å²) in [4.78, 5) is 9.11. The molecule has 0 radical (unpaired) electrons. The molecule has 2 heterocycles. The molecule has 7 nitrogen and oxygen atoms in total. The SMILES string of the molecule is O/N=C1\CC(c2ccccc2)Cc2nc(NCC3COc4ccccc4O3)ncc21. The van der Waals surface area contributed by atoms with Gasteiger partial charge in [0.25, 0.3) is 0 Å². The van der Waals surface area contributed by atoms with Crippen LogP contribution in [0.5, 0.6) is 11.5 Å². The minimum Gasteiger partial charge on any atom is -0.486 e. The number of nitrogens with zero attached hydrogens (tertiary/aromatic N) is 3. The first-order chi connectivity index (χ1) is 14.8. The molecule has 0 fully saturated rings. The van der Waals surface area contributed by atoms with Gasteiger partial charge in [-0.15, -0.1) is 0 Å². The molecule has 0 amide bonds. The van der Waals surface area contributed by atoms with Crippen LogP contribution in [-0.2, 0) is 6.42 Å². The molecule has 152 valence electrons. The van der Waals surface area contributed by atoms with Gasteiger partial charge >= 0.3 is 0 Å². The number of hydrogen-bond donors (Lipinski definition) is 2. The van der Waals surface area contributed by atoms with E-state index >= 15 is 0 Å². The number of ether oxygens (including phenoxy) is 2. The zero-order chi connectivity index (χ0) is 20.3. The second-order valence-corrected chi connectivity index (χ2v) is 7.50. The van der Waals surface area contributed by atoms with Crippen LogP contribution in [0.1, 0.15) is 29.2 Å². The highest BCUT2D eigenvalue weighted by atomic mass is 16.6. The highest BCUT2D eigenvalue weighted by Gasteiger charge is 2.27. The Balaban J connectivity index is 1.30. The summed E-state index contributed by atoms with van der Waals surface area (Å²) in [6, 6.07) is 17.9. The van der Waals surface area contributed by atoms with Crippen LogP contribution in [0.15, 0.2) is 65.9 Å². The third kappa shape index (κ3) is 3.66. The van der Waals surface area contributed by atoms with E-state index in [1.54, 1.807) is 6.20 Å². The standard InChI is InChI=1S/C23H22N4O3/c28-27-20-11-16(15-6-2-1-3-7-15)10-19-18(20)13-25-23(26-19)24-12-17-14-29-21-8-4-5-9-22(21)30-17/h1-9,13,16-17,28H,10-12,14H2,(H,24,25,26)/b27-20+. The predicted molar refractivity (Wildman–Crippen MR) is 113 cm³/mol. The first-order valence-electron chi connectivity index (χ1n) is 10.0. The number of oxime groups is 1. The summed E-state index contributed by atoms with van der Waals surface area (Å²) in [7, 11) is 0. The Morgan fingerprint density at radius 3 is 2.67 bits per heavy atom. The minimum atomic E-state index is -0.133. The van der Waals surface area contributed by atoms with Gasteiger partial charge in [-0.1, -0.05) is 47.6 Å². The van der Waals surface area contributed by atoms with Crippen molar-refractivity contribution in [3.05, 3.63) is 77.6 Å². The molecular formula is C23H22N4O3. The summed E-state index contributed by atoms with van der Waals surface area (Å²) >= 11 is 0. The van der Waals surface area contributed by atoms with E-state index in [0.717, 1.165) is 29.2 Å². The van der Waals surface area contributed by atoms with Crippen molar-refractivity contribution in [3.8, 4) is 11.5 Å². The third-order valence-corrected chi connectivity index (χ3v) is 5.51. The normalized spacial score (nSPS) is 21.1. The summed E-state index contributed by atoms with van der Waals surface area (Å²) in [6.07, 6.45) is 3.03. The van der Waals surface area contributed by atoms with Crippen molar-refractivity contribution in [2.75, 3.05) is 18.5 Å². The second-order valence-electron chi connectivity index (χ2n) is 7.50. The van der Waals surface area contributed by atoms with Gasteiger partial charge in [0.05, 0.1) is 18.0 Å². The van der Waals surface area contributed by atoms with Gasteiger partial charge in [0.1, 0.15) is 12.7 Å². The molecule has 30 heavy (non-hydrogen) atoms. The van der Waals surface area contributed by atoms with Gasteiger partial charge in [-0.05, 0) is 30.0 Å². The van der Waals surface area contributed by atoms with Crippen molar-refractivity contribution in [3.63, 3.8) is 0 Å². The minimum absolute atomic E-state index is 0.133. The Kier molecular flexibility index (Phi) is 4.93. The average molecular weight is 402 g/mol. The smallest absolute Gasteiger partial charge is 0.223 e. The highest BCUT2D eigenvalue weighted by molar-refractivity contribution is 6.02. The summed E-state index contributed by atoms with van der Waals surface area (Å²) in [5.41, 5.74) is 3.52. The molecular weight excluding hydrogens is 380 g/mol. The van der Waals surface area contributed by atoms with Crippen LogP contribution in [0.25, 0.3) is 0 Å². The molecule has 0 saturated carbocycles. The van der Waals surface area contributed by atoms with Crippen molar-refractivity contribution in [1.82, 2.24) is 9.97 Å². The van der Waals surface area contributed by atoms with E-state index in [0.29, 0.717) is 31.2 Å². The third-order valence-electron chi connectivity index (χ3n) is 5.51. The van der Waals surface area contributed by atoms with E-state index in [4.69, 9.17) is 14.5 Å². The van der Waals surface area contributed by atoms with Crippen molar-refractivity contribution in [2.45, 2.75) is 24.9 Å². The van der Waals surface area contributed by atoms with Crippen LogP contribution in [0, 0.1) is 0 Å². The average Bonchev–Trinajstić information content (AvgIpc) is 2.82. The van der Waals surface area contributed by atoms with Gasteiger partial charge < -0.3 is 20.0 Å². The molecule has 1 aliphatic heterocycles. The van der Waals surface area contributed by atoms with Gasteiger partial charge in [-0.2, -0.15) is 0 Å². The van der Waals surface area contributed by atoms with E-state index in [1.165, 1.54) is 5.56 Å². The van der Waals surface area contributed by atoms with Crippen LogP contribution in [0.4, 0.5) is 5.95 Å². The van der Waals surface area contributed by atoms with Crippen molar-refractivity contribution >= 4 is 11.7 Å². The lowest BCUT2D eigenvalue weighted by Gasteiger charge is -2.27. The van der Waals surface area contributed by atoms with Crippen LogP contribution < -0.4 is 14.8 Å². The maximum atomic E-state index is 9.51. The van der Waals surface area contributed by atoms with Crippen LogP contribution in [0.2, 0.25) is 0 Å². The molecule has 2 atom stereocenters. The van der Waals surface area contributed by atoms with Gasteiger partial charge in [-0.3, -0.25) is 0 Å². The Bertz CT molecular complexity index is 1070. The Morgan fingerprint density at radius 1 is 1.03 bits per heavy atom. The molecule has 2 unspecified atom stereocenters. The van der Waals surface area contributed by atoms with Crippen molar-refractivity contribution in [1.29, 1.82) is 0 Å². The molecule has 5 rings (SSSR count). The number of nitrogens with one attached hydrogen (secondary N) is 1. The lowest BCUT2D eigenvalue weighted by atomic mass is 9.82. The first-order valence-corrected chi connectivity index (χ1v) is 10.0. The quantitative estimate of drug-likeness (QED) is 0.512. The molecule has 3 aromatic rings. The van der Waals surface area contributed by atoms with Crippen LogP contribution in [-0.4, -0.2) is 40.1 Å². The molecule has 1 aliphatic carbocycles. The zero-order valence-corrected chi connectivity index (χ0v) is 16.4. The number of aromatic nitrogens is 2. The molecule has 0 spiro atoms. The van der Waals surface area contributed by atoms with E-state index < -0.39 is 0 Å². The van der Waals surface area contributed by atoms with Crippen LogP contribution >= 0.6 is 0 Å². The van der Waals surface area contributed by atoms with E-state index in [1.807, 2.05) is 42.5 Å². The monoisotopic (exact) mass is 402 g/mol. The predicted octanol–water partition coefficient (Wildman–Crippen LogP) is 3.64. The lowest BCUT2D eigenvalue weighted by Crippen LogP contribution is -2.35. The van der Waals surface area contributed by atoms with Gasteiger partial charge in [0.2, 0.25) is 5.95 Å².